The van der Waals surface area contributed by atoms with E-state index < -0.39 is 0 Å². The first-order chi connectivity index (χ1) is 12.7. The van der Waals surface area contributed by atoms with Crippen molar-refractivity contribution in [3.05, 3.63) is 48.0 Å². The van der Waals surface area contributed by atoms with E-state index in [0.717, 1.165) is 6.54 Å². The Kier molecular flexibility index (Phi) is 4.75. The van der Waals surface area contributed by atoms with E-state index in [9.17, 15) is 4.79 Å². The van der Waals surface area contributed by atoms with Crippen LogP contribution in [0.1, 0.15) is 23.2 Å². The number of pyridine rings is 1. The second-order valence-electron chi connectivity index (χ2n) is 6.86. The SMILES string of the molecule is COc1cccc(Oc2ccc(C(=O)NC3CN4CCC3CC4)cc2)n1. The van der Waals surface area contributed by atoms with Crippen LogP contribution >= 0.6 is 0 Å². The van der Waals surface area contributed by atoms with E-state index in [4.69, 9.17) is 9.47 Å². The van der Waals surface area contributed by atoms with Gasteiger partial charge in [-0.05, 0) is 56.1 Å². The van der Waals surface area contributed by atoms with Crippen LogP contribution in [0.2, 0.25) is 0 Å². The first-order valence-corrected chi connectivity index (χ1v) is 9.03. The fourth-order valence-corrected chi connectivity index (χ4v) is 3.74. The molecule has 3 fully saturated rings. The Morgan fingerprint density at radius 2 is 1.85 bits per heavy atom. The summed E-state index contributed by atoms with van der Waals surface area (Å²) in [7, 11) is 1.56. The summed E-state index contributed by atoms with van der Waals surface area (Å²) < 4.78 is 10.8. The van der Waals surface area contributed by atoms with Gasteiger partial charge in [0.25, 0.3) is 5.91 Å². The molecule has 1 unspecified atom stereocenters. The van der Waals surface area contributed by atoms with Gasteiger partial charge in [0, 0.05) is 30.3 Å². The summed E-state index contributed by atoms with van der Waals surface area (Å²) in [5.74, 6) is 2.18. The molecule has 3 saturated heterocycles. The lowest BCUT2D eigenvalue weighted by atomic mass is 9.84. The van der Waals surface area contributed by atoms with Crippen molar-refractivity contribution in [1.82, 2.24) is 15.2 Å². The molecule has 5 rings (SSSR count). The van der Waals surface area contributed by atoms with Crippen molar-refractivity contribution in [2.45, 2.75) is 18.9 Å². The van der Waals surface area contributed by atoms with Crippen molar-refractivity contribution in [2.24, 2.45) is 5.92 Å². The zero-order valence-electron chi connectivity index (χ0n) is 14.9. The number of carbonyl (C=O) groups is 1. The van der Waals surface area contributed by atoms with Gasteiger partial charge < -0.3 is 19.7 Å². The average Bonchev–Trinajstić information content (AvgIpc) is 2.69. The van der Waals surface area contributed by atoms with Crippen molar-refractivity contribution in [1.29, 1.82) is 0 Å². The number of hydrogen-bond acceptors (Lipinski definition) is 5. The van der Waals surface area contributed by atoms with Gasteiger partial charge in [-0.25, -0.2) is 0 Å². The van der Waals surface area contributed by atoms with Crippen LogP contribution in [0, 0.1) is 5.92 Å². The molecular weight excluding hydrogens is 330 g/mol. The number of methoxy groups -OCH3 is 1. The molecule has 1 aromatic carbocycles. The number of nitrogens with one attached hydrogen (secondary N) is 1. The number of ether oxygens (including phenoxy) is 2. The maximum atomic E-state index is 12.5. The molecule has 6 heteroatoms. The van der Waals surface area contributed by atoms with E-state index in [-0.39, 0.29) is 11.9 Å². The lowest BCUT2D eigenvalue weighted by molar-refractivity contribution is 0.0620. The number of benzene rings is 1. The molecule has 3 aliphatic rings. The van der Waals surface area contributed by atoms with E-state index in [0.29, 0.717) is 29.0 Å². The summed E-state index contributed by atoms with van der Waals surface area (Å²) >= 11 is 0. The third-order valence-corrected chi connectivity index (χ3v) is 5.22. The minimum absolute atomic E-state index is 0.0187. The van der Waals surface area contributed by atoms with E-state index in [1.54, 1.807) is 43.5 Å². The number of hydrogen-bond donors (Lipinski definition) is 1. The highest BCUT2D eigenvalue weighted by Crippen LogP contribution is 2.28. The third-order valence-electron chi connectivity index (χ3n) is 5.22. The largest absolute Gasteiger partial charge is 0.481 e. The Morgan fingerprint density at radius 1 is 1.12 bits per heavy atom. The van der Waals surface area contributed by atoms with Gasteiger partial charge >= 0.3 is 0 Å². The first-order valence-electron chi connectivity index (χ1n) is 9.03. The van der Waals surface area contributed by atoms with Crippen molar-refractivity contribution in [3.63, 3.8) is 0 Å². The van der Waals surface area contributed by atoms with E-state index in [2.05, 4.69) is 15.2 Å². The van der Waals surface area contributed by atoms with Gasteiger partial charge in [-0.1, -0.05) is 6.07 Å². The lowest BCUT2D eigenvalue weighted by Crippen LogP contribution is -2.57. The van der Waals surface area contributed by atoms with Crippen LogP contribution < -0.4 is 14.8 Å². The van der Waals surface area contributed by atoms with Crippen LogP contribution in [0.25, 0.3) is 0 Å². The topological polar surface area (TPSA) is 63.7 Å². The average molecular weight is 353 g/mol. The van der Waals surface area contributed by atoms with Gasteiger partial charge in [-0.2, -0.15) is 4.98 Å². The van der Waals surface area contributed by atoms with Crippen LogP contribution in [0.3, 0.4) is 0 Å². The van der Waals surface area contributed by atoms with E-state index >= 15 is 0 Å². The molecule has 0 aliphatic carbocycles. The maximum Gasteiger partial charge on any atom is 0.251 e. The van der Waals surface area contributed by atoms with Gasteiger partial charge in [0.15, 0.2) is 0 Å². The van der Waals surface area contributed by atoms with Gasteiger partial charge in [0.1, 0.15) is 5.75 Å². The third kappa shape index (κ3) is 3.65. The molecule has 1 aromatic heterocycles. The van der Waals surface area contributed by atoms with Crippen molar-refractivity contribution in [2.75, 3.05) is 26.7 Å². The van der Waals surface area contributed by atoms with E-state index in [1.165, 1.54) is 25.9 Å². The predicted octanol–water partition coefficient (Wildman–Crippen LogP) is 2.71. The maximum absolute atomic E-state index is 12.5. The summed E-state index contributed by atoms with van der Waals surface area (Å²) in [6, 6.07) is 12.7. The first kappa shape index (κ1) is 16.8. The second-order valence-corrected chi connectivity index (χ2v) is 6.86. The standard InChI is InChI=1S/C20H23N3O3/c1-25-18-3-2-4-19(22-18)26-16-7-5-15(6-8-16)20(24)21-17-13-23-11-9-14(17)10-12-23/h2-8,14,17H,9-13H2,1H3,(H,21,24). The zero-order valence-corrected chi connectivity index (χ0v) is 14.9. The van der Waals surface area contributed by atoms with Crippen molar-refractivity contribution < 1.29 is 14.3 Å². The summed E-state index contributed by atoms with van der Waals surface area (Å²) in [5, 5.41) is 3.20. The predicted molar refractivity (Wildman–Crippen MR) is 97.7 cm³/mol. The smallest absolute Gasteiger partial charge is 0.251 e. The van der Waals surface area contributed by atoms with Crippen molar-refractivity contribution in [3.8, 4) is 17.5 Å². The summed E-state index contributed by atoms with van der Waals surface area (Å²) in [6.07, 6.45) is 2.37. The fraction of sp³-hybridized carbons (Fsp3) is 0.400. The number of fused-ring (bicyclic) bond motifs is 3. The van der Waals surface area contributed by atoms with Gasteiger partial charge in [0.05, 0.1) is 7.11 Å². The number of amides is 1. The summed E-state index contributed by atoms with van der Waals surface area (Å²) in [6.45, 7) is 3.31. The summed E-state index contributed by atoms with van der Waals surface area (Å²) in [4.78, 5) is 19.2. The molecular formula is C20H23N3O3. The molecule has 1 N–H and O–H groups in total. The highest BCUT2D eigenvalue weighted by Gasteiger charge is 2.34. The molecule has 136 valence electrons. The monoisotopic (exact) mass is 353 g/mol. The van der Waals surface area contributed by atoms with E-state index in [1.807, 2.05) is 6.07 Å². The lowest BCUT2D eigenvalue weighted by Gasteiger charge is -2.44. The minimum Gasteiger partial charge on any atom is -0.481 e. The molecule has 2 aromatic rings. The number of rotatable bonds is 5. The molecule has 0 saturated carbocycles. The van der Waals surface area contributed by atoms with Crippen LogP contribution in [0.4, 0.5) is 0 Å². The Balaban J connectivity index is 1.38. The Bertz CT molecular complexity index is 770. The second kappa shape index (κ2) is 7.33. The number of carbonyl (C=O) groups excluding carboxylic acids is 1. The van der Waals surface area contributed by atoms with Gasteiger partial charge in [-0.15, -0.1) is 0 Å². The number of nitrogens with zero attached hydrogens (tertiary/aromatic N) is 2. The van der Waals surface area contributed by atoms with Crippen LogP contribution in [0.15, 0.2) is 42.5 Å². The highest BCUT2D eigenvalue weighted by molar-refractivity contribution is 5.94. The molecule has 3 aliphatic heterocycles. The molecule has 0 spiro atoms. The molecule has 26 heavy (non-hydrogen) atoms. The fourth-order valence-electron chi connectivity index (χ4n) is 3.74. The van der Waals surface area contributed by atoms with Gasteiger partial charge in [-0.3, -0.25) is 4.79 Å². The molecule has 0 radical (unpaired) electrons. The van der Waals surface area contributed by atoms with Crippen LogP contribution in [-0.2, 0) is 0 Å². The number of piperidine rings is 3. The minimum atomic E-state index is -0.0187. The quantitative estimate of drug-likeness (QED) is 0.895. The molecule has 2 bridgehead atoms. The Morgan fingerprint density at radius 3 is 2.50 bits per heavy atom. The molecule has 1 atom stereocenters. The molecule has 4 heterocycles. The van der Waals surface area contributed by atoms with Crippen LogP contribution in [0.5, 0.6) is 17.5 Å². The highest BCUT2D eigenvalue weighted by atomic mass is 16.5. The molecule has 1 amide bonds. The Labute approximate surface area is 153 Å². The van der Waals surface area contributed by atoms with Crippen LogP contribution in [-0.4, -0.2) is 48.6 Å². The molecule has 6 nitrogen and oxygen atoms in total. The van der Waals surface area contributed by atoms with Gasteiger partial charge in [0.2, 0.25) is 11.8 Å². The zero-order chi connectivity index (χ0) is 17.9. The summed E-state index contributed by atoms with van der Waals surface area (Å²) in [5.41, 5.74) is 0.646. The van der Waals surface area contributed by atoms with Crippen molar-refractivity contribution >= 4 is 5.91 Å². The Hall–Kier alpha value is -2.60. The normalized spacial score (nSPS) is 24.1. The number of aromatic nitrogens is 1.